The summed E-state index contributed by atoms with van der Waals surface area (Å²) in [6, 6.07) is 9.52. The van der Waals surface area contributed by atoms with Gasteiger partial charge in [-0.05, 0) is 52.9 Å². The number of alkyl halides is 1. The van der Waals surface area contributed by atoms with Gasteiger partial charge in [-0.2, -0.15) is 11.3 Å². The summed E-state index contributed by atoms with van der Waals surface area (Å²) in [6.45, 7) is 1.68. The maximum Gasteiger partial charge on any atom is 0.275 e. The van der Waals surface area contributed by atoms with Gasteiger partial charge in [0.15, 0.2) is 5.69 Å². The first kappa shape index (κ1) is 20.6. The van der Waals surface area contributed by atoms with Crippen molar-refractivity contribution in [2.75, 3.05) is 13.1 Å². The van der Waals surface area contributed by atoms with Gasteiger partial charge in [0.25, 0.3) is 5.91 Å². The fraction of sp³-hybridized carbons (Fsp3) is 0.318. The lowest BCUT2D eigenvalue weighted by Crippen LogP contribution is -2.40. The number of oxazole rings is 1. The molecule has 0 saturated carbocycles. The largest absolute Gasteiger partial charge is 0.444 e. The highest BCUT2D eigenvalue weighted by atomic mass is 35.5. The number of carbonyl (C=O) groups excluding carboxylic acids is 2. The van der Waals surface area contributed by atoms with Gasteiger partial charge < -0.3 is 14.6 Å². The average molecular weight is 444 g/mol. The fourth-order valence-electron chi connectivity index (χ4n) is 3.38. The van der Waals surface area contributed by atoms with Crippen molar-refractivity contribution in [1.82, 2.24) is 15.2 Å². The molecule has 1 fully saturated rings. The number of amides is 2. The number of nitrogens with one attached hydrogen (secondary N) is 1. The molecule has 1 aromatic carbocycles. The summed E-state index contributed by atoms with van der Waals surface area (Å²) in [5.41, 5.74) is 3.06. The van der Waals surface area contributed by atoms with Gasteiger partial charge in [0.05, 0.1) is 11.8 Å². The summed E-state index contributed by atoms with van der Waals surface area (Å²) < 4.78 is 5.53. The second-order valence-electron chi connectivity index (χ2n) is 7.31. The van der Waals surface area contributed by atoms with Crippen LogP contribution in [0.4, 0.5) is 0 Å². The number of carbonyl (C=O) groups is 2. The molecule has 0 spiro atoms. The van der Waals surface area contributed by atoms with Gasteiger partial charge in [-0.1, -0.05) is 12.1 Å². The van der Waals surface area contributed by atoms with E-state index >= 15 is 0 Å². The van der Waals surface area contributed by atoms with Gasteiger partial charge in [0.2, 0.25) is 11.8 Å². The van der Waals surface area contributed by atoms with Crippen LogP contribution in [0.15, 0.2) is 51.8 Å². The molecule has 3 heterocycles. The van der Waals surface area contributed by atoms with Crippen molar-refractivity contribution in [2.45, 2.75) is 31.2 Å². The van der Waals surface area contributed by atoms with Crippen LogP contribution >= 0.6 is 22.9 Å². The highest BCUT2D eigenvalue weighted by Crippen LogP contribution is 2.22. The van der Waals surface area contributed by atoms with E-state index in [1.54, 1.807) is 16.2 Å². The van der Waals surface area contributed by atoms with Crippen LogP contribution in [0.25, 0.3) is 11.5 Å². The van der Waals surface area contributed by atoms with E-state index in [1.165, 1.54) is 6.26 Å². The number of hydrogen-bond acceptors (Lipinski definition) is 5. The second kappa shape index (κ2) is 9.45. The van der Waals surface area contributed by atoms with E-state index in [1.807, 2.05) is 41.1 Å². The molecule has 30 heavy (non-hydrogen) atoms. The summed E-state index contributed by atoms with van der Waals surface area (Å²) in [4.78, 5) is 30.7. The Morgan fingerprint density at radius 1 is 1.23 bits per heavy atom. The van der Waals surface area contributed by atoms with Crippen molar-refractivity contribution >= 4 is 34.8 Å². The zero-order valence-electron chi connectivity index (χ0n) is 16.3. The molecule has 1 N–H and O–H groups in total. The second-order valence-corrected chi connectivity index (χ2v) is 8.71. The van der Waals surface area contributed by atoms with E-state index in [9.17, 15) is 9.59 Å². The first-order valence-corrected chi connectivity index (χ1v) is 11.2. The van der Waals surface area contributed by atoms with E-state index in [0.717, 1.165) is 29.5 Å². The van der Waals surface area contributed by atoms with Crippen molar-refractivity contribution in [1.29, 1.82) is 0 Å². The Morgan fingerprint density at radius 2 is 2.07 bits per heavy atom. The zero-order valence-corrected chi connectivity index (χ0v) is 17.9. The van der Waals surface area contributed by atoms with Crippen LogP contribution in [0, 0.1) is 0 Å². The molecule has 1 aliphatic heterocycles. The molecule has 0 aliphatic carbocycles. The van der Waals surface area contributed by atoms with Gasteiger partial charge in [0.1, 0.15) is 6.26 Å². The summed E-state index contributed by atoms with van der Waals surface area (Å²) in [7, 11) is 0. The van der Waals surface area contributed by atoms with Crippen LogP contribution < -0.4 is 5.32 Å². The van der Waals surface area contributed by atoms with E-state index in [4.69, 9.17) is 16.0 Å². The van der Waals surface area contributed by atoms with Crippen LogP contribution in [-0.2, 0) is 17.8 Å². The standard InChI is InChI=1S/C22H22ClN3O3S/c23-18-2-1-8-26(12-18)22(28)19-13-29-21(25-19)17-5-3-15(4-6-17)11-24-20(27)10-16-7-9-30-14-16/h3-7,9,13-14,18H,1-2,8,10-12H2,(H,24,27). The highest BCUT2D eigenvalue weighted by Gasteiger charge is 2.25. The molecule has 4 rings (SSSR count). The number of thiophene rings is 1. The Balaban J connectivity index is 1.34. The van der Waals surface area contributed by atoms with Crippen molar-refractivity contribution in [2.24, 2.45) is 0 Å². The number of hydrogen-bond donors (Lipinski definition) is 1. The molecule has 156 valence electrons. The minimum absolute atomic E-state index is 0.00708. The molecule has 0 radical (unpaired) electrons. The number of aromatic nitrogens is 1. The predicted molar refractivity (Wildman–Crippen MR) is 117 cm³/mol. The lowest BCUT2D eigenvalue weighted by molar-refractivity contribution is -0.120. The Bertz CT molecular complexity index is 1000. The normalized spacial score (nSPS) is 16.4. The maximum absolute atomic E-state index is 12.6. The molecule has 1 unspecified atom stereocenters. The lowest BCUT2D eigenvalue weighted by atomic mass is 10.1. The molecule has 1 saturated heterocycles. The number of piperidine rings is 1. The molecular weight excluding hydrogens is 422 g/mol. The van der Waals surface area contributed by atoms with E-state index in [0.29, 0.717) is 37.6 Å². The van der Waals surface area contributed by atoms with Crippen molar-refractivity contribution in [3.63, 3.8) is 0 Å². The predicted octanol–water partition coefficient (Wildman–Crippen LogP) is 4.11. The molecule has 8 heteroatoms. The SMILES string of the molecule is O=C(Cc1ccsc1)NCc1ccc(-c2nc(C(=O)N3CCCC(Cl)C3)co2)cc1. The number of likely N-dealkylation sites (tertiary alicyclic amines) is 1. The zero-order chi connectivity index (χ0) is 20.9. The maximum atomic E-state index is 12.6. The summed E-state index contributed by atoms with van der Waals surface area (Å²) in [6.07, 6.45) is 3.61. The van der Waals surface area contributed by atoms with Gasteiger partial charge in [0, 0.05) is 25.2 Å². The van der Waals surface area contributed by atoms with E-state index < -0.39 is 0 Å². The van der Waals surface area contributed by atoms with Crippen LogP contribution in [0.3, 0.4) is 0 Å². The average Bonchev–Trinajstić information content (AvgIpc) is 3.44. The molecule has 0 bridgehead atoms. The third-order valence-corrected chi connectivity index (χ3v) is 6.10. The Hall–Kier alpha value is -2.64. The number of benzene rings is 1. The Morgan fingerprint density at radius 3 is 2.80 bits per heavy atom. The third kappa shape index (κ3) is 5.09. The molecule has 2 aromatic heterocycles. The molecule has 1 aliphatic rings. The summed E-state index contributed by atoms with van der Waals surface area (Å²) in [5.74, 6) is 0.233. The fourth-order valence-corrected chi connectivity index (χ4v) is 4.37. The number of halogens is 1. The van der Waals surface area contributed by atoms with Crippen LogP contribution in [0.1, 0.15) is 34.5 Å². The molecular formula is C22H22ClN3O3S. The van der Waals surface area contributed by atoms with Gasteiger partial charge >= 0.3 is 0 Å². The van der Waals surface area contributed by atoms with E-state index in [-0.39, 0.29) is 17.2 Å². The van der Waals surface area contributed by atoms with Crippen LogP contribution in [-0.4, -0.2) is 40.2 Å². The van der Waals surface area contributed by atoms with Crippen LogP contribution in [0.5, 0.6) is 0 Å². The minimum atomic E-state index is -0.152. The molecule has 3 aromatic rings. The van der Waals surface area contributed by atoms with Gasteiger partial charge in [-0.25, -0.2) is 4.98 Å². The summed E-state index contributed by atoms with van der Waals surface area (Å²) in [5, 5.41) is 6.85. The van der Waals surface area contributed by atoms with Gasteiger partial charge in [-0.15, -0.1) is 11.6 Å². The van der Waals surface area contributed by atoms with E-state index in [2.05, 4.69) is 10.3 Å². The quantitative estimate of drug-likeness (QED) is 0.582. The molecule has 1 atom stereocenters. The van der Waals surface area contributed by atoms with Crippen molar-refractivity contribution < 1.29 is 14.0 Å². The monoisotopic (exact) mass is 443 g/mol. The Kier molecular flexibility index (Phi) is 6.50. The first-order chi connectivity index (χ1) is 14.6. The smallest absolute Gasteiger partial charge is 0.275 e. The molecule has 6 nitrogen and oxygen atoms in total. The van der Waals surface area contributed by atoms with Crippen molar-refractivity contribution in [3.8, 4) is 11.5 Å². The van der Waals surface area contributed by atoms with Crippen LogP contribution in [0.2, 0.25) is 0 Å². The minimum Gasteiger partial charge on any atom is -0.444 e. The lowest BCUT2D eigenvalue weighted by Gasteiger charge is -2.28. The summed E-state index contributed by atoms with van der Waals surface area (Å²) >= 11 is 7.76. The molecule has 2 amide bonds. The number of rotatable bonds is 6. The van der Waals surface area contributed by atoms with Gasteiger partial charge in [-0.3, -0.25) is 9.59 Å². The number of nitrogens with zero attached hydrogens (tertiary/aromatic N) is 2. The topological polar surface area (TPSA) is 75.4 Å². The first-order valence-electron chi connectivity index (χ1n) is 9.84. The Labute approximate surface area is 183 Å². The third-order valence-electron chi connectivity index (χ3n) is 5.01. The van der Waals surface area contributed by atoms with Crippen molar-refractivity contribution in [3.05, 3.63) is 64.2 Å². The highest BCUT2D eigenvalue weighted by molar-refractivity contribution is 7.08.